The standard InChI is InChI=1S/C86H140F2N4Se2/c1-7-11-15-19-23-27-31-35-39-43-47-51-55-59-63-85(64-60-56-52-48-44-40-36-32-28-24-20-16-12-8-2)71-67-69(5)81-83(91-93-89-81)73(71)75-77(85)79(87)76-74-72(68-70(6)82-84(74)92-94-90-82)86(78(76)80(75)88,65-61-57-53-49-45-41-37-33-29-25-21-17-13-9-3)66-62-58-54-50-46-42-38-34-30-26-22-18-14-10-4/h67-68H,7-66H2,1-6H3. The number of fused-ring (bicyclic) bond motifs is 10. The van der Waals surface area contributed by atoms with E-state index < -0.39 is 10.8 Å². The fourth-order valence-corrected chi connectivity index (χ4v) is 20.1. The van der Waals surface area contributed by atoms with Crippen molar-refractivity contribution < 1.29 is 8.78 Å². The van der Waals surface area contributed by atoms with Gasteiger partial charge in [0.25, 0.3) is 0 Å². The van der Waals surface area contributed by atoms with Crippen molar-refractivity contribution >= 4 is 52.0 Å². The average Bonchev–Trinajstić information content (AvgIpc) is 1.50. The summed E-state index contributed by atoms with van der Waals surface area (Å²) in [6.07, 6.45) is 76.4. The minimum absolute atomic E-state index is 0.143. The second kappa shape index (κ2) is 46.2. The summed E-state index contributed by atoms with van der Waals surface area (Å²) >= 11 is -0.621. The first kappa shape index (κ1) is 79.1. The molecule has 7 rings (SSSR count). The molecule has 0 atom stereocenters. The molecule has 0 bridgehead atoms. The Bertz CT molecular complexity index is 2570. The molecule has 8 heteroatoms. The Morgan fingerprint density at radius 2 is 0.436 bits per heavy atom. The van der Waals surface area contributed by atoms with Crippen LogP contribution in [-0.4, -0.2) is 45.8 Å². The van der Waals surface area contributed by atoms with E-state index in [4.69, 9.17) is 15.9 Å². The van der Waals surface area contributed by atoms with Crippen LogP contribution in [0.2, 0.25) is 0 Å². The van der Waals surface area contributed by atoms with Crippen molar-refractivity contribution in [1.29, 1.82) is 0 Å². The third-order valence-corrected chi connectivity index (χ3v) is 25.4. The van der Waals surface area contributed by atoms with Crippen LogP contribution < -0.4 is 0 Å². The van der Waals surface area contributed by atoms with Crippen LogP contribution in [0.4, 0.5) is 8.78 Å². The van der Waals surface area contributed by atoms with Gasteiger partial charge in [-0.05, 0) is 0 Å². The Kier molecular flexibility index (Phi) is 38.9. The number of rotatable bonds is 60. The van der Waals surface area contributed by atoms with Crippen molar-refractivity contribution in [1.82, 2.24) is 15.9 Å². The third kappa shape index (κ3) is 23.4. The summed E-state index contributed by atoms with van der Waals surface area (Å²) in [5, 5.41) is 0. The topological polar surface area (TPSA) is 51.6 Å². The molecule has 0 unspecified atom stereocenters. The van der Waals surface area contributed by atoms with Gasteiger partial charge in [-0.15, -0.1) is 0 Å². The zero-order valence-electron chi connectivity index (χ0n) is 61.9. The molecule has 2 heterocycles. The van der Waals surface area contributed by atoms with E-state index in [2.05, 4.69) is 53.7 Å². The molecule has 530 valence electrons. The number of aromatic nitrogens is 4. The summed E-state index contributed by atoms with van der Waals surface area (Å²) in [6, 6.07) is 4.74. The van der Waals surface area contributed by atoms with Gasteiger partial charge < -0.3 is 0 Å². The van der Waals surface area contributed by atoms with Crippen LogP contribution >= 0.6 is 0 Å². The molecular formula is C86H140F2N4Se2. The van der Waals surface area contributed by atoms with Crippen molar-refractivity contribution in [2.45, 2.75) is 438 Å². The van der Waals surface area contributed by atoms with E-state index in [1.807, 2.05) is 0 Å². The zero-order chi connectivity index (χ0) is 66.3. The molecule has 0 amide bonds. The first-order chi connectivity index (χ1) is 46.3. The third-order valence-electron chi connectivity index (χ3n) is 23.2. The average molecular weight is 1430 g/mol. The van der Waals surface area contributed by atoms with Crippen molar-refractivity contribution in [3.8, 4) is 22.3 Å². The number of benzene rings is 3. The molecule has 2 aromatic heterocycles. The van der Waals surface area contributed by atoms with Crippen molar-refractivity contribution in [3.05, 3.63) is 57.1 Å². The van der Waals surface area contributed by atoms with Crippen LogP contribution in [0.5, 0.6) is 0 Å². The van der Waals surface area contributed by atoms with E-state index in [0.717, 1.165) is 132 Å². The predicted octanol–water partition coefficient (Wildman–Crippen LogP) is 28.6. The SMILES string of the molecule is CCCCCCCCCCCCCCCCC1(CCCCCCCCCCCCCCCC)c2cc(C)c3n[se]nc3c2-c2c(F)c3c(c(F)c21)-c1c(cc(C)c2n[se]nc12)C3(CCCCCCCCCCCCCCCC)CCCCCCCCCCCCCCCC. The van der Waals surface area contributed by atoms with Crippen LogP contribution in [0.1, 0.15) is 446 Å². The van der Waals surface area contributed by atoms with Crippen LogP contribution in [0.25, 0.3) is 44.3 Å². The minimum Gasteiger partial charge on any atom is -0.0654 e. The maximum atomic E-state index is 20.1. The fraction of sp³-hybridized carbons (Fsp3) is 0.791. The summed E-state index contributed by atoms with van der Waals surface area (Å²) < 4.78 is 60.8. The van der Waals surface area contributed by atoms with Crippen LogP contribution in [-0.2, 0) is 10.8 Å². The van der Waals surface area contributed by atoms with E-state index in [0.29, 0.717) is 22.3 Å². The quantitative estimate of drug-likeness (QED) is 0.0288. The molecule has 0 radical (unpaired) electrons. The minimum atomic E-state index is -0.655. The Balaban J connectivity index is 1.18. The van der Waals surface area contributed by atoms with Crippen molar-refractivity contribution in [2.75, 3.05) is 0 Å². The molecule has 3 aromatic carbocycles. The maximum absolute atomic E-state index is 20.1. The Labute approximate surface area is 589 Å². The van der Waals surface area contributed by atoms with Gasteiger partial charge >= 0.3 is 361 Å². The van der Waals surface area contributed by atoms with E-state index in [1.165, 1.54) is 308 Å². The van der Waals surface area contributed by atoms with Gasteiger partial charge in [-0.2, -0.15) is 0 Å². The second-order valence-corrected chi connectivity index (χ2v) is 33.0. The van der Waals surface area contributed by atoms with Crippen LogP contribution in [0, 0.1) is 25.5 Å². The number of hydrogen-bond acceptors (Lipinski definition) is 4. The molecule has 0 saturated heterocycles. The summed E-state index contributed by atoms with van der Waals surface area (Å²) in [7, 11) is 0. The van der Waals surface area contributed by atoms with Gasteiger partial charge in [0.2, 0.25) is 0 Å². The summed E-state index contributed by atoms with van der Waals surface area (Å²) in [5.41, 5.74) is 11.0. The second-order valence-electron chi connectivity index (χ2n) is 30.8. The number of hydrogen-bond donors (Lipinski definition) is 0. The summed E-state index contributed by atoms with van der Waals surface area (Å²) in [4.78, 5) is 0. The van der Waals surface area contributed by atoms with Gasteiger partial charge in [0, 0.05) is 0 Å². The van der Waals surface area contributed by atoms with Crippen LogP contribution in [0.3, 0.4) is 0 Å². The van der Waals surface area contributed by atoms with Gasteiger partial charge in [0.05, 0.1) is 0 Å². The van der Waals surface area contributed by atoms with E-state index >= 15 is 8.78 Å². The summed E-state index contributed by atoms with van der Waals surface area (Å²) in [6.45, 7) is 13.6. The van der Waals surface area contributed by atoms with Gasteiger partial charge in [0.1, 0.15) is 0 Å². The molecule has 4 nitrogen and oxygen atoms in total. The molecule has 2 aliphatic carbocycles. The number of nitrogens with zero attached hydrogens (tertiary/aromatic N) is 4. The normalized spacial score (nSPS) is 13.7. The smallest absolute Gasteiger partial charge is 0.0654 e. The number of aryl methyl sites for hydroxylation is 2. The Hall–Kier alpha value is -2.24. The van der Waals surface area contributed by atoms with E-state index in [9.17, 15) is 0 Å². The molecule has 0 aliphatic heterocycles. The van der Waals surface area contributed by atoms with Crippen LogP contribution in [0.15, 0.2) is 12.1 Å². The fourth-order valence-electron chi connectivity index (χ4n) is 17.6. The van der Waals surface area contributed by atoms with Crippen molar-refractivity contribution in [3.63, 3.8) is 0 Å². The van der Waals surface area contributed by atoms with Gasteiger partial charge in [-0.3, -0.25) is 0 Å². The molecule has 0 fully saturated rings. The van der Waals surface area contributed by atoms with E-state index in [1.54, 1.807) is 0 Å². The predicted molar refractivity (Wildman–Crippen MR) is 408 cm³/mol. The summed E-state index contributed by atoms with van der Waals surface area (Å²) in [5.74, 6) is -0.285. The zero-order valence-corrected chi connectivity index (χ0v) is 65.4. The van der Waals surface area contributed by atoms with E-state index in [-0.39, 0.29) is 41.6 Å². The Morgan fingerprint density at radius 1 is 0.255 bits per heavy atom. The molecule has 94 heavy (non-hydrogen) atoms. The molecule has 0 N–H and O–H groups in total. The van der Waals surface area contributed by atoms with Gasteiger partial charge in [-0.1, -0.05) is 233 Å². The first-order valence-electron chi connectivity index (χ1n) is 41.4. The molecule has 2 aliphatic rings. The molecule has 0 saturated carbocycles. The molecule has 0 spiro atoms. The monoisotopic (exact) mass is 1430 g/mol. The van der Waals surface area contributed by atoms with Gasteiger partial charge in [-0.25, -0.2) is 0 Å². The van der Waals surface area contributed by atoms with Gasteiger partial charge in [0.15, 0.2) is 0 Å². The Morgan fingerprint density at radius 3 is 0.638 bits per heavy atom. The number of unbranched alkanes of at least 4 members (excludes halogenated alkanes) is 52. The first-order valence-corrected chi connectivity index (χ1v) is 44.5. The molecular weight excluding hydrogens is 1280 g/mol. The number of halogens is 2. The van der Waals surface area contributed by atoms with Crippen molar-refractivity contribution in [2.24, 2.45) is 0 Å². The molecule has 5 aromatic rings.